The molecule has 0 N–H and O–H groups in total. The molecule has 68 valence electrons. The number of aryl methyl sites for hydroxylation is 1. The van der Waals surface area contributed by atoms with Crippen molar-refractivity contribution >= 4 is 0 Å². The van der Waals surface area contributed by atoms with Crippen LogP contribution in [0.3, 0.4) is 0 Å². The molecule has 1 aromatic heterocycles. The quantitative estimate of drug-likeness (QED) is 0.470. The van der Waals surface area contributed by atoms with Gasteiger partial charge in [0.1, 0.15) is 0 Å². The van der Waals surface area contributed by atoms with Gasteiger partial charge < -0.3 is 0 Å². The molecule has 1 nitrogen and oxygen atoms in total. The highest BCUT2D eigenvalue weighted by atomic mass is 15.0. The Morgan fingerprint density at radius 1 is 1.14 bits per heavy atom. The monoisotopic (exact) mass is 182 g/mol. The summed E-state index contributed by atoms with van der Waals surface area (Å²) in [6, 6.07) is 13.1. The summed E-state index contributed by atoms with van der Waals surface area (Å²) in [6.45, 7) is 3.17. The fourth-order valence-electron chi connectivity index (χ4n) is 2.15. The van der Waals surface area contributed by atoms with Crippen molar-refractivity contribution in [2.24, 2.45) is 0 Å². The summed E-state index contributed by atoms with van der Waals surface area (Å²) in [5.74, 6) is 0. The lowest BCUT2D eigenvalue weighted by Gasteiger charge is -1.94. The SMILES string of the molecule is Cc1ccc2c(c1)C[n+]1ccccc1-2. The fourth-order valence-corrected chi connectivity index (χ4v) is 2.15. The number of hydrogen-bond acceptors (Lipinski definition) is 0. The van der Waals surface area contributed by atoms with E-state index in [9.17, 15) is 0 Å². The largest absolute Gasteiger partial charge is 0.213 e. The minimum absolute atomic E-state index is 1.02. The van der Waals surface area contributed by atoms with Crippen LogP contribution in [-0.4, -0.2) is 0 Å². The average Bonchev–Trinajstić information content (AvgIpc) is 2.54. The van der Waals surface area contributed by atoms with Crippen molar-refractivity contribution in [1.82, 2.24) is 0 Å². The van der Waals surface area contributed by atoms with Crippen molar-refractivity contribution in [3.8, 4) is 11.3 Å². The molecule has 0 amide bonds. The van der Waals surface area contributed by atoms with E-state index < -0.39 is 0 Å². The Balaban J connectivity index is 2.27. The molecule has 1 aliphatic heterocycles. The van der Waals surface area contributed by atoms with E-state index in [4.69, 9.17) is 0 Å². The van der Waals surface area contributed by atoms with Gasteiger partial charge >= 0.3 is 0 Å². The highest BCUT2D eigenvalue weighted by molar-refractivity contribution is 5.63. The highest BCUT2D eigenvalue weighted by Gasteiger charge is 2.24. The van der Waals surface area contributed by atoms with Crippen LogP contribution < -0.4 is 4.57 Å². The third-order valence-corrected chi connectivity index (χ3v) is 2.82. The molecule has 0 fully saturated rings. The molecule has 1 heteroatoms. The van der Waals surface area contributed by atoms with Crippen molar-refractivity contribution < 1.29 is 4.57 Å². The third-order valence-electron chi connectivity index (χ3n) is 2.82. The van der Waals surface area contributed by atoms with Crippen LogP contribution in [0, 0.1) is 6.92 Å². The maximum absolute atomic E-state index is 2.30. The number of benzene rings is 1. The van der Waals surface area contributed by atoms with E-state index in [1.807, 2.05) is 0 Å². The molecule has 0 radical (unpaired) electrons. The van der Waals surface area contributed by atoms with Crippen LogP contribution in [0.1, 0.15) is 11.1 Å². The van der Waals surface area contributed by atoms with Crippen molar-refractivity contribution in [2.45, 2.75) is 13.5 Å². The van der Waals surface area contributed by atoms with E-state index in [-0.39, 0.29) is 0 Å². The molecule has 1 aliphatic rings. The Morgan fingerprint density at radius 3 is 3.00 bits per heavy atom. The topological polar surface area (TPSA) is 3.88 Å². The summed E-state index contributed by atoms with van der Waals surface area (Å²) in [5, 5.41) is 0. The highest BCUT2D eigenvalue weighted by Crippen LogP contribution is 2.26. The normalized spacial score (nSPS) is 12.4. The van der Waals surface area contributed by atoms with E-state index in [2.05, 4.69) is 54.1 Å². The Hall–Kier alpha value is -1.63. The summed E-state index contributed by atoms with van der Waals surface area (Å²) in [6.07, 6.45) is 2.14. The first-order valence-electron chi connectivity index (χ1n) is 4.93. The van der Waals surface area contributed by atoms with Gasteiger partial charge in [0.2, 0.25) is 5.69 Å². The smallest absolute Gasteiger partial charge is 0.194 e. The molecule has 0 aliphatic carbocycles. The summed E-state index contributed by atoms with van der Waals surface area (Å²) in [7, 11) is 0. The maximum atomic E-state index is 2.30. The molecule has 0 unspecified atom stereocenters. The van der Waals surface area contributed by atoms with Gasteiger partial charge in [-0.3, -0.25) is 0 Å². The van der Waals surface area contributed by atoms with Crippen LogP contribution in [0.2, 0.25) is 0 Å². The summed E-state index contributed by atoms with van der Waals surface area (Å²) in [5.41, 5.74) is 5.51. The summed E-state index contributed by atoms with van der Waals surface area (Å²) < 4.78 is 2.30. The number of rotatable bonds is 0. The minimum atomic E-state index is 1.02. The van der Waals surface area contributed by atoms with E-state index in [1.54, 1.807) is 0 Å². The minimum Gasteiger partial charge on any atom is -0.194 e. The number of pyridine rings is 1. The molecular weight excluding hydrogens is 170 g/mol. The molecule has 0 spiro atoms. The van der Waals surface area contributed by atoms with Gasteiger partial charge in [0.25, 0.3) is 0 Å². The molecule has 2 heterocycles. The van der Waals surface area contributed by atoms with Crippen LogP contribution in [-0.2, 0) is 6.54 Å². The van der Waals surface area contributed by atoms with Crippen molar-refractivity contribution in [1.29, 1.82) is 0 Å². The maximum Gasteiger partial charge on any atom is 0.213 e. The van der Waals surface area contributed by atoms with Gasteiger partial charge in [0.15, 0.2) is 12.7 Å². The molecule has 2 aromatic rings. The van der Waals surface area contributed by atoms with Gasteiger partial charge in [0.05, 0.1) is 5.56 Å². The first-order chi connectivity index (χ1) is 6.84. The number of aromatic nitrogens is 1. The van der Waals surface area contributed by atoms with Gasteiger partial charge in [0, 0.05) is 17.7 Å². The lowest BCUT2D eigenvalue weighted by atomic mass is 10.0. The Kier molecular flexibility index (Phi) is 1.48. The zero-order valence-corrected chi connectivity index (χ0v) is 8.20. The van der Waals surface area contributed by atoms with Gasteiger partial charge in [-0.25, -0.2) is 0 Å². The van der Waals surface area contributed by atoms with Crippen LogP contribution in [0.25, 0.3) is 11.3 Å². The molecule has 1 aromatic carbocycles. The predicted molar refractivity (Wildman–Crippen MR) is 55.9 cm³/mol. The summed E-state index contributed by atoms with van der Waals surface area (Å²) >= 11 is 0. The lowest BCUT2D eigenvalue weighted by Crippen LogP contribution is -2.31. The first-order valence-corrected chi connectivity index (χ1v) is 4.93. The van der Waals surface area contributed by atoms with Gasteiger partial charge in [-0.2, -0.15) is 4.57 Å². The van der Waals surface area contributed by atoms with Gasteiger partial charge in [-0.15, -0.1) is 0 Å². The van der Waals surface area contributed by atoms with Crippen LogP contribution in [0.4, 0.5) is 0 Å². The Bertz CT molecular complexity index is 500. The lowest BCUT2D eigenvalue weighted by molar-refractivity contribution is -0.672. The Morgan fingerprint density at radius 2 is 2.07 bits per heavy atom. The fraction of sp³-hybridized carbons (Fsp3) is 0.154. The third kappa shape index (κ3) is 0.987. The van der Waals surface area contributed by atoms with E-state index in [1.165, 1.54) is 22.4 Å². The zero-order valence-electron chi connectivity index (χ0n) is 8.20. The van der Waals surface area contributed by atoms with E-state index in [0.717, 1.165) is 6.54 Å². The standard InChI is InChI=1S/C13H12N/c1-10-5-6-12-11(8-10)9-14-7-3-2-4-13(12)14/h2-8H,9H2,1H3/q+1. The van der Waals surface area contributed by atoms with Gasteiger partial charge in [-0.05, 0) is 25.1 Å². The van der Waals surface area contributed by atoms with Crippen LogP contribution in [0.15, 0.2) is 42.6 Å². The molecule has 0 saturated carbocycles. The van der Waals surface area contributed by atoms with Crippen molar-refractivity contribution in [3.63, 3.8) is 0 Å². The van der Waals surface area contributed by atoms with E-state index >= 15 is 0 Å². The van der Waals surface area contributed by atoms with Crippen molar-refractivity contribution in [3.05, 3.63) is 53.7 Å². The Labute approximate surface area is 83.6 Å². The summed E-state index contributed by atoms with van der Waals surface area (Å²) in [4.78, 5) is 0. The van der Waals surface area contributed by atoms with Gasteiger partial charge in [-0.1, -0.05) is 11.6 Å². The number of fused-ring (bicyclic) bond motifs is 3. The van der Waals surface area contributed by atoms with Crippen LogP contribution in [0.5, 0.6) is 0 Å². The second-order valence-electron chi connectivity index (χ2n) is 3.87. The molecule has 0 saturated heterocycles. The zero-order chi connectivity index (χ0) is 9.54. The molecular formula is C13H12N+. The molecule has 0 bridgehead atoms. The van der Waals surface area contributed by atoms with Crippen LogP contribution >= 0.6 is 0 Å². The number of hydrogen-bond donors (Lipinski definition) is 0. The second kappa shape index (κ2) is 2.68. The average molecular weight is 182 g/mol. The van der Waals surface area contributed by atoms with E-state index in [0.29, 0.717) is 0 Å². The molecule has 0 atom stereocenters. The molecule has 14 heavy (non-hydrogen) atoms. The predicted octanol–water partition coefficient (Wildman–Crippen LogP) is 2.31. The second-order valence-corrected chi connectivity index (χ2v) is 3.87. The molecule has 3 rings (SSSR count). The van der Waals surface area contributed by atoms with Crippen molar-refractivity contribution in [2.75, 3.05) is 0 Å². The number of nitrogens with zero attached hydrogens (tertiary/aromatic N) is 1. The first kappa shape index (κ1) is 7.74.